The first-order chi connectivity index (χ1) is 9.12. The Hall–Kier alpha value is -1.75. The lowest BCUT2D eigenvalue weighted by molar-refractivity contribution is -0.145. The second kappa shape index (κ2) is 7.63. The van der Waals surface area contributed by atoms with Crippen LogP contribution in [0.4, 0.5) is 0 Å². The van der Waals surface area contributed by atoms with Gasteiger partial charge in [0.1, 0.15) is 0 Å². The summed E-state index contributed by atoms with van der Waals surface area (Å²) in [6, 6.07) is 5.51. The number of rotatable bonds is 8. The third-order valence-corrected chi connectivity index (χ3v) is 2.60. The summed E-state index contributed by atoms with van der Waals surface area (Å²) in [5.41, 5.74) is 1.06. The van der Waals surface area contributed by atoms with Crippen molar-refractivity contribution in [3.8, 4) is 11.5 Å². The van der Waals surface area contributed by atoms with E-state index in [1.165, 1.54) is 0 Å². The summed E-state index contributed by atoms with van der Waals surface area (Å²) in [6.07, 6.45) is -0.450. The van der Waals surface area contributed by atoms with Gasteiger partial charge in [0.2, 0.25) is 0 Å². The lowest BCUT2D eigenvalue weighted by Gasteiger charge is -2.17. The Kier molecular flexibility index (Phi) is 6.15. The topological polar surface area (TPSA) is 67.8 Å². The van der Waals surface area contributed by atoms with Crippen LogP contribution in [-0.2, 0) is 11.3 Å². The fourth-order valence-corrected chi connectivity index (χ4v) is 1.69. The Morgan fingerprint density at radius 2 is 2.11 bits per heavy atom. The Balaban J connectivity index is 2.94. The van der Waals surface area contributed by atoms with Crippen molar-refractivity contribution in [2.45, 2.75) is 32.9 Å². The Morgan fingerprint density at radius 1 is 1.37 bits per heavy atom. The van der Waals surface area contributed by atoms with E-state index in [2.05, 4.69) is 5.32 Å². The fourth-order valence-electron chi connectivity index (χ4n) is 1.69. The molecule has 0 heterocycles. The molecule has 2 N–H and O–H groups in total. The molecule has 5 heteroatoms. The maximum atomic E-state index is 11.0. The second-order valence-electron chi connectivity index (χ2n) is 4.10. The number of ether oxygens (including phenoxy) is 2. The predicted molar refractivity (Wildman–Crippen MR) is 72.7 cm³/mol. The SMILES string of the molecule is CCOc1cc(CNC)ccc1OC(CC)C(=O)O. The Bertz CT molecular complexity index is 420. The first-order valence-corrected chi connectivity index (χ1v) is 6.42. The minimum atomic E-state index is -0.968. The average Bonchev–Trinajstić information content (AvgIpc) is 2.38. The zero-order valence-corrected chi connectivity index (χ0v) is 11.6. The maximum absolute atomic E-state index is 11.0. The van der Waals surface area contributed by atoms with Gasteiger partial charge in [0.25, 0.3) is 0 Å². The van der Waals surface area contributed by atoms with Gasteiger partial charge in [-0.15, -0.1) is 0 Å². The van der Waals surface area contributed by atoms with Gasteiger partial charge in [0.15, 0.2) is 17.6 Å². The highest BCUT2D eigenvalue weighted by Crippen LogP contribution is 2.29. The minimum absolute atomic E-state index is 0.402. The Labute approximate surface area is 113 Å². The number of carbonyl (C=O) groups is 1. The van der Waals surface area contributed by atoms with E-state index in [1.807, 2.05) is 26.1 Å². The van der Waals surface area contributed by atoms with Crippen molar-refractivity contribution in [1.29, 1.82) is 0 Å². The number of benzene rings is 1. The molecule has 0 aromatic heterocycles. The molecule has 0 aliphatic carbocycles. The third-order valence-electron chi connectivity index (χ3n) is 2.60. The highest BCUT2D eigenvalue weighted by molar-refractivity contribution is 5.72. The van der Waals surface area contributed by atoms with Gasteiger partial charge in [0.05, 0.1) is 6.61 Å². The molecule has 0 amide bonds. The molecule has 19 heavy (non-hydrogen) atoms. The molecule has 0 aliphatic rings. The van der Waals surface area contributed by atoms with Crippen LogP contribution in [0, 0.1) is 0 Å². The summed E-state index contributed by atoms with van der Waals surface area (Å²) in [5.74, 6) is 0.0788. The highest BCUT2D eigenvalue weighted by atomic mass is 16.5. The van der Waals surface area contributed by atoms with Crippen LogP contribution in [0.3, 0.4) is 0 Å². The van der Waals surface area contributed by atoms with Gasteiger partial charge < -0.3 is 19.9 Å². The number of nitrogens with one attached hydrogen (secondary N) is 1. The molecule has 106 valence electrons. The molecule has 0 spiro atoms. The van der Waals surface area contributed by atoms with E-state index in [9.17, 15) is 4.79 Å². The predicted octanol–water partition coefficient (Wildman–Crippen LogP) is 2.05. The van der Waals surface area contributed by atoms with Gasteiger partial charge in [-0.05, 0) is 38.1 Å². The number of carboxylic acids is 1. The van der Waals surface area contributed by atoms with E-state index in [-0.39, 0.29) is 0 Å². The van der Waals surface area contributed by atoms with Crippen molar-refractivity contribution in [2.24, 2.45) is 0 Å². The van der Waals surface area contributed by atoms with Crippen molar-refractivity contribution in [3.05, 3.63) is 23.8 Å². The van der Waals surface area contributed by atoms with Gasteiger partial charge >= 0.3 is 5.97 Å². The van der Waals surface area contributed by atoms with Crippen LogP contribution in [-0.4, -0.2) is 30.8 Å². The summed E-state index contributed by atoms with van der Waals surface area (Å²) in [6.45, 7) is 4.87. The third kappa shape index (κ3) is 4.44. The van der Waals surface area contributed by atoms with E-state index >= 15 is 0 Å². The van der Waals surface area contributed by atoms with Gasteiger partial charge in [-0.1, -0.05) is 13.0 Å². The lowest BCUT2D eigenvalue weighted by Crippen LogP contribution is -2.26. The van der Waals surface area contributed by atoms with Gasteiger partial charge in [-0.25, -0.2) is 4.79 Å². The molecule has 0 aliphatic heterocycles. The molecule has 0 saturated carbocycles. The molecule has 1 atom stereocenters. The molecule has 1 aromatic carbocycles. The van der Waals surface area contributed by atoms with Gasteiger partial charge in [-0.2, -0.15) is 0 Å². The van der Waals surface area contributed by atoms with Crippen molar-refractivity contribution >= 4 is 5.97 Å². The van der Waals surface area contributed by atoms with E-state index < -0.39 is 12.1 Å². The van der Waals surface area contributed by atoms with Crippen LogP contribution in [0.15, 0.2) is 18.2 Å². The molecule has 1 unspecified atom stereocenters. The molecule has 5 nitrogen and oxygen atoms in total. The van der Waals surface area contributed by atoms with Crippen molar-refractivity contribution < 1.29 is 19.4 Å². The largest absolute Gasteiger partial charge is 0.490 e. The number of hydrogen-bond donors (Lipinski definition) is 2. The molecule has 0 radical (unpaired) electrons. The smallest absolute Gasteiger partial charge is 0.344 e. The maximum Gasteiger partial charge on any atom is 0.344 e. The second-order valence-corrected chi connectivity index (χ2v) is 4.10. The van der Waals surface area contributed by atoms with Crippen LogP contribution in [0.1, 0.15) is 25.8 Å². The van der Waals surface area contributed by atoms with Crippen LogP contribution < -0.4 is 14.8 Å². The first kappa shape index (κ1) is 15.3. The molecule has 0 saturated heterocycles. The molecule has 1 aromatic rings. The standard InChI is InChI=1S/C14H21NO4/c1-4-11(14(16)17)19-12-7-6-10(9-15-3)8-13(12)18-5-2/h6-8,11,15H,4-5,9H2,1-3H3,(H,16,17). The minimum Gasteiger partial charge on any atom is -0.490 e. The van der Waals surface area contributed by atoms with E-state index in [0.29, 0.717) is 24.5 Å². The molecule has 0 fully saturated rings. The van der Waals surface area contributed by atoms with Crippen molar-refractivity contribution in [1.82, 2.24) is 5.32 Å². The first-order valence-electron chi connectivity index (χ1n) is 6.42. The van der Waals surface area contributed by atoms with Crippen molar-refractivity contribution in [3.63, 3.8) is 0 Å². The zero-order chi connectivity index (χ0) is 14.3. The van der Waals surface area contributed by atoms with E-state index in [4.69, 9.17) is 14.6 Å². The van der Waals surface area contributed by atoms with E-state index in [0.717, 1.165) is 12.1 Å². The Morgan fingerprint density at radius 3 is 2.63 bits per heavy atom. The number of hydrogen-bond acceptors (Lipinski definition) is 4. The summed E-state index contributed by atoms with van der Waals surface area (Å²) in [4.78, 5) is 11.0. The van der Waals surface area contributed by atoms with Crippen LogP contribution in [0.5, 0.6) is 11.5 Å². The number of aliphatic carboxylic acids is 1. The van der Waals surface area contributed by atoms with Gasteiger partial charge in [0, 0.05) is 6.54 Å². The highest BCUT2D eigenvalue weighted by Gasteiger charge is 2.19. The zero-order valence-electron chi connectivity index (χ0n) is 11.6. The molecule has 1 rings (SSSR count). The number of carboxylic acid groups (broad SMARTS) is 1. The van der Waals surface area contributed by atoms with Crippen LogP contribution in [0.25, 0.3) is 0 Å². The quantitative estimate of drug-likeness (QED) is 0.754. The summed E-state index contributed by atoms with van der Waals surface area (Å²) in [5, 5.41) is 12.1. The summed E-state index contributed by atoms with van der Waals surface area (Å²) < 4.78 is 11.0. The molecular formula is C14H21NO4. The van der Waals surface area contributed by atoms with Crippen molar-refractivity contribution in [2.75, 3.05) is 13.7 Å². The van der Waals surface area contributed by atoms with Crippen LogP contribution >= 0.6 is 0 Å². The summed E-state index contributed by atoms with van der Waals surface area (Å²) in [7, 11) is 1.86. The monoisotopic (exact) mass is 267 g/mol. The summed E-state index contributed by atoms with van der Waals surface area (Å²) >= 11 is 0. The van der Waals surface area contributed by atoms with Gasteiger partial charge in [-0.3, -0.25) is 0 Å². The molecular weight excluding hydrogens is 246 g/mol. The fraction of sp³-hybridized carbons (Fsp3) is 0.500. The lowest BCUT2D eigenvalue weighted by atomic mass is 10.2. The average molecular weight is 267 g/mol. The normalized spacial score (nSPS) is 11.9. The van der Waals surface area contributed by atoms with E-state index in [1.54, 1.807) is 13.0 Å². The van der Waals surface area contributed by atoms with Crippen LogP contribution in [0.2, 0.25) is 0 Å². The molecule has 0 bridgehead atoms.